The summed E-state index contributed by atoms with van der Waals surface area (Å²) in [6.07, 6.45) is 11.0. The van der Waals surface area contributed by atoms with Crippen LogP contribution >= 0.6 is 31.9 Å². The fourth-order valence-corrected chi connectivity index (χ4v) is 10.5. The summed E-state index contributed by atoms with van der Waals surface area (Å²) < 4.78 is 26.8. The van der Waals surface area contributed by atoms with E-state index in [9.17, 15) is 0 Å². The summed E-state index contributed by atoms with van der Waals surface area (Å²) in [5.74, 6) is 3.71. The predicted octanol–water partition coefficient (Wildman–Crippen LogP) is 17.6. The molecule has 0 aliphatic heterocycles. The third-order valence-electron chi connectivity index (χ3n) is 13.9. The zero-order chi connectivity index (χ0) is 49.6. The maximum absolute atomic E-state index is 6.20. The van der Waals surface area contributed by atoms with Gasteiger partial charge in [-0.05, 0) is 167 Å². The zero-order valence-corrected chi connectivity index (χ0v) is 45.0. The van der Waals surface area contributed by atoms with Gasteiger partial charge in [-0.25, -0.2) is 0 Å². The number of ether oxygens (including phenoxy) is 2. The Bertz CT molecular complexity index is 2810. The molecule has 8 aromatic rings. The molecule has 0 bridgehead atoms. The van der Waals surface area contributed by atoms with Crippen LogP contribution in [0.5, 0.6) is 11.5 Å². The summed E-state index contributed by atoms with van der Waals surface area (Å²) in [5.41, 5.74) is 11.9. The number of unbranched alkanes of at least 4 members (excludes halogenated alkanes) is 6. The average molecular weight is 1080 g/mol. The maximum Gasteiger partial charge on any atom is 0.248 e. The Labute approximate surface area is 436 Å². The zero-order valence-electron chi connectivity index (χ0n) is 41.9. The fourth-order valence-electron chi connectivity index (χ4n) is 9.77. The maximum atomic E-state index is 6.20. The number of nitrogens with zero attached hydrogens (tertiary/aromatic N) is 4. The standard InChI is InChI=1S/C61H64Br2N4O4/c1-59(2,3)45-23-15-41(16-24-45)55-64-66-57(70-55)43-19-29-49(30-20-43)68-37-13-9-7-11-35-61(53-39-47(62)27-33-51(53)52-34-28-48(63)40-54(52)61)36-12-8-10-14-38-69-50-31-21-44(22-32-50)58-67-65-56(71-58)42-17-25-46(26-18-42)60(4,5)6/h15-34,39-40H,7-14,35-38H2,1-6H3. The molecule has 0 radical (unpaired) electrons. The van der Waals surface area contributed by atoms with Crippen molar-refractivity contribution < 1.29 is 18.3 Å². The lowest BCUT2D eigenvalue weighted by molar-refractivity contribution is 0.300. The van der Waals surface area contributed by atoms with Gasteiger partial charge in [0.1, 0.15) is 11.5 Å². The Morgan fingerprint density at radius 2 is 0.732 bits per heavy atom. The number of aromatic nitrogens is 4. The van der Waals surface area contributed by atoms with Crippen LogP contribution in [0, 0.1) is 0 Å². The van der Waals surface area contributed by atoms with Crippen LogP contribution in [0.1, 0.15) is 128 Å². The van der Waals surface area contributed by atoms with Crippen LogP contribution < -0.4 is 9.47 Å². The van der Waals surface area contributed by atoms with E-state index in [1.165, 1.54) is 33.4 Å². The topological polar surface area (TPSA) is 96.3 Å². The molecule has 0 unspecified atom stereocenters. The second-order valence-corrected chi connectivity index (χ2v) is 22.8. The van der Waals surface area contributed by atoms with E-state index in [2.05, 4.69) is 154 Å². The van der Waals surface area contributed by atoms with Crippen molar-refractivity contribution in [3.05, 3.63) is 165 Å². The summed E-state index contributed by atoms with van der Waals surface area (Å²) in [7, 11) is 0. The lowest BCUT2D eigenvalue weighted by Gasteiger charge is -2.33. The van der Waals surface area contributed by atoms with Crippen molar-refractivity contribution >= 4 is 31.9 Å². The van der Waals surface area contributed by atoms with Gasteiger partial charge < -0.3 is 18.3 Å². The molecule has 0 N–H and O–H groups in total. The van der Waals surface area contributed by atoms with Crippen molar-refractivity contribution in [2.75, 3.05) is 13.2 Å². The third-order valence-corrected chi connectivity index (χ3v) is 14.9. The van der Waals surface area contributed by atoms with Crippen molar-refractivity contribution in [2.24, 2.45) is 0 Å². The molecule has 0 atom stereocenters. The smallest absolute Gasteiger partial charge is 0.248 e. The summed E-state index contributed by atoms with van der Waals surface area (Å²) in [4.78, 5) is 0. The van der Waals surface area contributed by atoms with Gasteiger partial charge >= 0.3 is 0 Å². The van der Waals surface area contributed by atoms with Crippen molar-refractivity contribution in [3.8, 4) is 68.4 Å². The summed E-state index contributed by atoms with van der Waals surface area (Å²) in [5, 5.41) is 17.3. The summed E-state index contributed by atoms with van der Waals surface area (Å²) >= 11 is 7.68. The summed E-state index contributed by atoms with van der Waals surface area (Å²) in [6, 6.07) is 46.3. The van der Waals surface area contributed by atoms with Gasteiger partial charge in [0.25, 0.3) is 0 Å². The van der Waals surface area contributed by atoms with Crippen molar-refractivity contribution in [1.29, 1.82) is 0 Å². The normalized spacial score (nSPS) is 13.0. The lowest BCUT2D eigenvalue weighted by atomic mass is 9.70. The summed E-state index contributed by atoms with van der Waals surface area (Å²) in [6.45, 7) is 14.6. The van der Waals surface area contributed by atoms with Crippen LogP contribution in [0.4, 0.5) is 0 Å². The SMILES string of the molecule is CC(C)(C)c1ccc(-c2nnc(-c3ccc(OCCCCCCC4(CCCCCCOc5ccc(-c6nnc(-c7ccc(C(C)(C)C)cc7)o6)cc5)c5cc(Br)ccc5-c5ccc(Br)cc54)cc3)o2)cc1. The van der Waals surface area contributed by atoms with Crippen molar-refractivity contribution in [2.45, 2.75) is 122 Å². The van der Waals surface area contributed by atoms with Gasteiger partial charge in [0, 0.05) is 36.6 Å². The van der Waals surface area contributed by atoms with Crippen LogP contribution in [-0.4, -0.2) is 33.6 Å². The van der Waals surface area contributed by atoms with E-state index in [1.807, 2.05) is 72.8 Å². The van der Waals surface area contributed by atoms with E-state index in [1.54, 1.807) is 0 Å². The molecule has 9 rings (SSSR count). The van der Waals surface area contributed by atoms with Gasteiger partial charge in [0.2, 0.25) is 23.6 Å². The van der Waals surface area contributed by atoms with Gasteiger partial charge in [-0.3, -0.25) is 0 Å². The molecule has 2 aromatic heterocycles. The highest BCUT2D eigenvalue weighted by Gasteiger charge is 2.42. The molecular weight excluding hydrogens is 1010 g/mol. The van der Waals surface area contributed by atoms with Gasteiger partial charge in [-0.15, -0.1) is 20.4 Å². The van der Waals surface area contributed by atoms with E-state index in [4.69, 9.17) is 18.3 Å². The number of halogens is 2. The van der Waals surface area contributed by atoms with E-state index < -0.39 is 0 Å². The Morgan fingerprint density at radius 3 is 1.07 bits per heavy atom. The van der Waals surface area contributed by atoms with Crippen LogP contribution in [0.3, 0.4) is 0 Å². The lowest BCUT2D eigenvalue weighted by Crippen LogP contribution is -2.25. The Hall–Kier alpha value is -5.84. The highest BCUT2D eigenvalue weighted by molar-refractivity contribution is 9.10. The number of benzene rings is 6. The van der Waals surface area contributed by atoms with E-state index in [0.717, 1.165) is 107 Å². The first-order valence-corrected chi connectivity index (χ1v) is 26.8. The molecule has 8 nitrogen and oxygen atoms in total. The molecule has 0 saturated heterocycles. The van der Waals surface area contributed by atoms with E-state index >= 15 is 0 Å². The molecule has 0 saturated carbocycles. The molecule has 1 aliphatic carbocycles. The minimum absolute atomic E-state index is 0.0409. The van der Waals surface area contributed by atoms with Gasteiger partial charge in [0.15, 0.2) is 0 Å². The molecule has 0 fully saturated rings. The highest BCUT2D eigenvalue weighted by atomic mass is 79.9. The van der Waals surface area contributed by atoms with Crippen LogP contribution in [0.25, 0.3) is 56.9 Å². The van der Waals surface area contributed by atoms with Gasteiger partial charge in [0.05, 0.1) is 13.2 Å². The Balaban J connectivity index is 0.738. The molecule has 0 spiro atoms. The minimum atomic E-state index is -0.0409. The number of hydrogen-bond donors (Lipinski definition) is 0. The fraction of sp³-hybridized carbons (Fsp3) is 0.344. The van der Waals surface area contributed by atoms with Crippen molar-refractivity contribution in [3.63, 3.8) is 0 Å². The quantitative estimate of drug-likeness (QED) is 0.0697. The monoisotopic (exact) mass is 1070 g/mol. The number of rotatable bonds is 20. The molecule has 2 heterocycles. The van der Waals surface area contributed by atoms with Crippen LogP contribution in [-0.2, 0) is 16.2 Å². The molecule has 366 valence electrons. The molecule has 6 aromatic carbocycles. The highest BCUT2D eigenvalue weighted by Crippen LogP contribution is 2.55. The average Bonchev–Trinajstić information content (AvgIpc) is 4.12. The van der Waals surface area contributed by atoms with Crippen LogP contribution in [0.15, 0.2) is 151 Å². The molecule has 0 amide bonds. The van der Waals surface area contributed by atoms with E-state index in [0.29, 0.717) is 36.8 Å². The second-order valence-electron chi connectivity index (χ2n) is 21.0. The predicted molar refractivity (Wildman–Crippen MR) is 293 cm³/mol. The molecule has 71 heavy (non-hydrogen) atoms. The number of fused-ring (bicyclic) bond motifs is 3. The van der Waals surface area contributed by atoms with Gasteiger partial charge in [-0.2, -0.15) is 0 Å². The van der Waals surface area contributed by atoms with Crippen LogP contribution in [0.2, 0.25) is 0 Å². The van der Waals surface area contributed by atoms with E-state index in [-0.39, 0.29) is 16.2 Å². The second kappa shape index (κ2) is 21.9. The largest absolute Gasteiger partial charge is 0.494 e. The molecule has 10 heteroatoms. The van der Waals surface area contributed by atoms with Gasteiger partial charge in [-0.1, -0.05) is 148 Å². The Kier molecular flexibility index (Phi) is 15.4. The Morgan fingerprint density at radius 1 is 0.408 bits per heavy atom. The first-order valence-electron chi connectivity index (χ1n) is 25.2. The molecule has 1 aliphatic rings. The molecular formula is C61H64Br2N4O4. The van der Waals surface area contributed by atoms with Crippen molar-refractivity contribution in [1.82, 2.24) is 20.4 Å². The third kappa shape index (κ3) is 11.9. The first-order chi connectivity index (χ1) is 34.2. The first kappa shape index (κ1) is 50.1. The minimum Gasteiger partial charge on any atom is -0.494 e. The number of hydrogen-bond acceptors (Lipinski definition) is 8.